The summed E-state index contributed by atoms with van der Waals surface area (Å²) in [5, 5.41) is 20.4. The summed E-state index contributed by atoms with van der Waals surface area (Å²) in [6.45, 7) is -0.254. The van der Waals surface area contributed by atoms with Gasteiger partial charge in [-0.15, -0.1) is 0 Å². The number of aromatic nitrogens is 3. The van der Waals surface area contributed by atoms with Crippen LogP contribution in [-0.2, 0) is 10.9 Å². The molecule has 1 aliphatic rings. The van der Waals surface area contributed by atoms with E-state index in [9.17, 15) is 23.4 Å². The Bertz CT molecular complexity index is 750. The highest BCUT2D eigenvalue weighted by molar-refractivity contribution is 5.18. The van der Waals surface area contributed by atoms with Gasteiger partial charge in [-0.2, -0.15) is 13.2 Å². The molecule has 2 aromatic rings. The number of aliphatic hydroxyl groups excluding tert-OH is 2. The Kier molecular flexibility index (Phi) is 5.73. The van der Waals surface area contributed by atoms with E-state index in [1.165, 1.54) is 24.8 Å². The smallest absolute Gasteiger partial charge is 0.433 e. The number of nitrogens with zero attached hydrogens (tertiary/aromatic N) is 3. The molecule has 2 aromatic heterocycles. The second-order valence-corrected chi connectivity index (χ2v) is 5.75. The monoisotopic (exact) mass is 387 g/mol. The lowest BCUT2D eigenvalue weighted by molar-refractivity contribution is -0.187. The van der Waals surface area contributed by atoms with Crippen LogP contribution in [0.5, 0.6) is 11.6 Å². The first-order chi connectivity index (χ1) is 12.8. The van der Waals surface area contributed by atoms with Crippen molar-refractivity contribution in [3.63, 3.8) is 0 Å². The maximum atomic E-state index is 12.7. The third kappa shape index (κ3) is 4.81. The molecule has 2 N–H and O–H groups in total. The van der Waals surface area contributed by atoms with E-state index >= 15 is 0 Å². The number of alkyl halides is 3. The predicted octanol–water partition coefficient (Wildman–Crippen LogP) is 0.837. The molecule has 0 aliphatic carbocycles. The number of hydrogen-bond donors (Lipinski definition) is 2. The molecule has 0 aromatic carbocycles. The highest BCUT2D eigenvalue weighted by atomic mass is 19.4. The minimum atomic E-state index is -4.62. The van der Waals surface area contributed by atoms with Crippen LogP contribution in [-0.4, -0.2) is 62.8 Å². The summed E-state index contributed by atoms with van der Waals surface area (Å²) < 4.78 is 54.2. The van der Waals surface area contributed by atoms with E-state index in [1.54, 1.807) is 0 Å². The molecule has 0 unspecified atom stereocenters. The zero-order valence-corrected chi connectivity index (χ0v) is 13.8. The van der Waals surface area contributed by atoms with Crippen molar-refractivity contribution in [2.75, 3.05) is 13.2 Å². The van der Waals surface area contributed by atoms with Gasteiger partial charge >= 0.3 is 6.18 Å². The Hall–Kier alpha value is -2.50. The average Bonchev–Trinajstić information content (AvgIpc) is 2.65. The Labute approximate surface area is 151 Å². The van der Waals surface area contributed by atoms with Crippen LogP contribution in [0.2, 0.25) is 0 Å². The quantitative estimate of drug-likeness (QED) is 0.777. The first-order valence-corrected chi connectivity index (χ1v) is 7.91. The van der Waals surface area contributed by atoms with E-state index < -0.39 is 36.3 Å². The van der Waals surface area contributed by atoms with Gasteiger partial charge in [-0.3, -0.25) is 0 Å². The van der Waals surface area contributed by atoms with Crippen molar-refractivity contribution in [3.05, 3.63) is 42.6 Å². The predicted molar refractivity (Wildman–Crippen MR) is 82.9 cm³/mol. The average molecular weight is 387 g/mol. The first kappa shape index (κ1) is 19.3. The second-order valence-electron chi connectivity index (χ2n) is 5.75. The lowest BCUT2D eigenvalue weighted by Crippen LogP contribution is -2.56. The Morgan fingerprint density at radius 1 is 1.15 bits per heavy atom. The van der Waals surface area contributed by atoms with E-state index in [2.05, 4.69) is 15.0 Å². The zero-order chi connectivity index (χ0) is 19.4. The number of hydrogen-bond acceptors (Lipinski definition) is 8. The molecular formula is C16H16F3N3O5. The molecular weight excluding hydrogens is 371 g/mol. The lowest BCUT2D eigenvalue weighted by Gasteiger charge is -2.37. The molecule has 146 valence electrons. The van der Waals surface area contributed by atoms with Crippen molar-refractivity contribution in [1.82, 2.24) is 15.0 Å². The van der Waals surface area contributed by atoms with Crippen LogP contribution < -0.4 is 9.47 Å². The summed E-state index contributed by atoms with van der Waals surface area (Å²) in [5.74, 6) is 0.0233. The summed E-state index contributed by atoms with van der Waals surface area (Å²) in [6, 6.07) is 3.16. The summed E-state index contributed by atoms with van der Waals surface area (Å²) in [7, 11) is 0. The molecule has 8 nitrogen and oxygen atoms in total. The van der Waals surface area contributed by atoms with Crippen LogP contribution in [0.1, 0.15) is 5.69 Å². The fourth-order valence-corrected chi connectivity index (χ4v) is 2.44. The number of aliphatic hydroxyl groups is 2. The molecule has 0 amide bonds. The van der Waals surface area contributed by atoms with E-state index in [4.69, 9.17) is 14.2 Å². The van der Waals surface area contributed by atoms with Crippen molar-refractivity contribution < 1.29 is 37.6 Å². The molecule has 1 saturated heterocycles. The Balaban J connectivity index is 1.59. The molecule has 4 atom stereocenters. The molecule has 11 heteroatoms. The van der Waals surface area contributed by atoms with Crippen molar-refractivity contribution in [2.24, 2.45) is 0 Å². The van der Waals surface area contributed by atoms with Gasteiger partial charge in [-0.1, -0.05) is 6.07 Å². The van der Waals surface area contributed by atoms with Gasteiger partial charge < -0.3 is 24.4 Å². The normalized spacial score (nSPS) is 25.8. The van der Waals surface area contributed by atoms with Crippen LogP contribution in [0.4, 0.5) is 13.2 Å². The fourth-order valence-electron chi connectivity index (χ4n) is 2.44. The maximum Gasteiger partial charge on any atom is 0.433 e. The van der Waals surface area contributed by atoms with Gasteiger partial charge in [0.05, 0.1) is 19.0 Å². The summed E-state index contributed by atoms with van der Waals surface area (Å²) in [6.07, 6.45) is -5.19. The Morgan fingerprint density at radius 2 is 1.89 bits per heavy atom. The molecule has 3 rings (SSSR count). The number of halogens is 3. The largest absolute Gasteiger partial charge is 0.488 e. The van der Waals surface area contributed by atoms with Crippen LogP contribution in [0.25, 0.3) is 0 Å². The van der Waals surface area contributed by atoms with E-state index in [-0.39, 0.29) is 19.1 Å². The molecule has 1 fully saturated rings. The fraction of sp³-hybridized carbons (Fsp3) is 0.438. The van der Waals surface area contributed by atoms with Crippen LogP contribution in [0.3, 0.4) is 0 Å². The van der Waals surface area contributed by atoms with Crippen LogP contribution in [0.15, 0.2) is 36.9 Å². The molecule has 27 heavy (non-hydrogen) atoms. The topological polar surface area (TPSA) is 107 Å². The minimum Gasteiger partial charge on any atom is -0.488 e. The van der Waals surface area contributed by atoms with E-state index in [0.29, 0.717) is 5.75 Å². The SMILES string of the molecule is O[C@@H]1[C@H](O)[C@@H](Oc2cccc(C(F)(F)F)n2)CO[C@@H]1COc1cncnc1. The van der Waals surface area contributed by atoms with Gasteiger partial charge in [-0.25, -0.2) is 15.0 Å². The summed E-state index contributed by atoms with van der Waals surface area (Å²) in [4.78, 5) is 10.9. The van der Waals surface area contributed by atoms with Crippen molar-refractivity contribution in [3.8, 4) is 11.6 Å². The maximum absolute atomic E-state index is 12.7. The van der Waals surface area contributed by atoms with Crippen molar-refractivity contribution in [2.45, 2.75) is 30.6 Å². The molecule has 0 saturated carbocycles. The standard InChI is InChI=1S/C16H16F3N3O5/c17-16(18,19)12-2-1-3-13(22-12)27-11-7-26-10(14(23)15(11)24)6-25-9-4-20-8-21-5-9/h1-5,8,10-11,14-15,23-24H,6-7H2/t10-,11+,14+,15-/m1/s1. The molecule has 1 aliphatic heterocycles. The van der Waals surface area contributed by atoms with Crippen molar-refractivity contribution in [1.29, 1.82) is 0 Å². The molecule has 3 heterocycles. The van der Waals surface area contributed by atoms with Gasteiger partial charge in [0.1, 0.15) is 36.9 Å². The number of rotatable bonds is 5. The van der Waals surface area contributed by atoms with Gasteiger partial charge in [0.2, 0.25) is 5.88 Å². The van der Waals surface area contributed by atoms with Gasteiger partial charge in [-0.05, 0) is 6.07 Å². The highest BCUT2D eigenvalue weighted by Crippen LogP contribution is 2.29. The third-order valence-electron chi connectivity index (χ3n) is 3.82. The molecule has 0 bridgehead atoms. The van der Waals surface area contributed by atoms with Crippen LogP contribution >= 0.6 is 0 Å². The molecule has 0 spiro atoms. The van der Waals surface area contributed by atoms with Gasteiger partial charge in [0.25, 0.3) is 0 Å². The van der Waals surface area contributed by atoms with Gasteiger partial charge in [0.15, 0.2) is 11.9 Å². The van der Waals surface area contributed by atoms with Crippen LogP contribution in [0, 0.1) is 0 Å². The zero-order valence-electron chi connectivity index (χ0n) is 13.8. The van der Waals surface area contributed by atoms with Crippen molar-refractivity contribution >= 4 is 0 Å². The number of ether oxygens (including phenoxy) is 3. The van der Waals surface area contributed by atoms with E-state index in [0.717, 1.165) is 12.1 Å². The summed E-state index contributed by atoms with van der Waals surface area (Å²) >= 11 is 0. The second kappa shape index (κ2) is 8.03. The summed E-state index contributed by atoms with van der Waals surface area (Å²) in [5.41, 5.74) is -1.12. The molecule has 0 radical (unpaired) electrons. The van der Waals surface area contributed by atoms with E-state index in [1.807, 2.05) is 0 Å². The number of pyridine rings is 1. The third-order valence-corrected chi connectivity index (χ3v) is 3.82. The minimum absolute atomic E-state index is 0.0832. The highest BCUT2D eigenvalue weighted by Gasteiger charge is 2.40. The first-order valence-electron chi connectivity index (χ1n) is 7.91. The Morgan fingerprint density at radius 3 is 2.59 bits per heavy atom. The van der Waals surface area contributed by atoms with Gasteiger partial charge in [0, 0.05) is 6.07 Å². The lowest BCUT2D eigenvalue weighted by atomic mass is 10.0.